The molecule has 1 saturated heterocycles. The van der Waals surface area contributed by atoms with Crippen LogP contribution in [-0.4, -0.2) is 17.4 Å². The van der Waals surface area contributed by atoms with Crippen LogP contribution in [0.5, 0.6) is 0 Å². The number of nitrogens with zero attached hydrogens (tertiary/aromatic N) is 1. The van der Waals surface area contributed by atoms with Crippen LogP contribution in [0.3, 0.4) is 0 Å². The molecule has 1 aromatic carbocycles. The van der Waals surface area contributed by atoms with Crippen molar-refractivity contribution in [3.63, 3.8) is 0 Å². The molecule has 15 heavy (non-hydrogen) atoms. The molecule has 0 aromatic heterocycles. The van der Waals surface area contributed by atoms with E-state index >= 15 is 0 Å². The van der Waals surface area contributed by atoms with Gasteiger partial charge in [0.25, 0.3) is 0 Å². The summed E-state index contributed by atoms with van der Waals surface area (Å²) in [6.07, 6.45) is 2.61. The van der Waals surface area contributed by atoms with Crippen LogP contribution in [0.25, 0.3) is 0 Å². The Morgan fingerprint density at radius 3 is 2.60 bits per heavy atom. The summed E-state index contributed by atoms with van der Waals surface area (Å²) in [5, 5.41) is 0.862. The molecule has 0 spiro atoms. The maximum absolute atomic E-state index is 6.12. The first-order chi connectivity index (χ1) is 7.25. The molecule has 1 aliphatic rings. The first kappa shape index (κ1) is 11.3. The Bertz CT molecular complexity index is 321. The largest absolute Gasteiger partial charge is 0.246 e. The lowest BCUT2D eigenvalue weighted by atomic mass is 10.0. The molecule has 1 nitrogen and oxygen atoms in total. The Morgan fingerprint density at radius 2 is 1.93 bits per heavy atom. The lowest BCUT2D eigenvalue weighted by Crippen LogP contribution is -2.27. The van der Waals surface area contributed by atoms with E-state index in [1.165, 1.54) is 30.8 Å². The molecule has 1 aliphatic heterocycles. The predicted octanol–water partition coefficient (Wildman–Crippen LogP) is 4.08. The maximum atomic E-state index is 6.12. The fourth-order valence-corrected chi connectivity index (χ4v) is 2.94. The highest BCUT2D eigenvalue weighted by molar-refractivity contribution is 7.97. The molecule has 0 radical (unpaired) electrons. The van der Waals surface area contributed by atoms with Gasteiger partial charge in [0, 0.05) is 18.0 Å². The monoisotopic (exact) mass is 241 g/mol. The molecule has 0 amide bonds. The van der Waals surface area contributed by atoms with Crippen molar-refractivity contribution in [3.05, 3.63) is 29.3 Å². The average Bonchev–Trinajstić information content (AvgIpc) is 2.25. The number of benzene rings is 1. The van der Waals surface area contributed by atoms with E-state index in [-0.39, 0.29) is 0 Å². The molecule has 1 heterocycles. The van der Waals surface area contributed by atoms with E-state index in [2.05, 4.69) is 17.3 Å². The molecule has 0 N–H and O–H groups in total. The van der Waals surface area contributed by atoms with Crippen LogP contribution in [0.1, 0.15) is 19.8 Å². The third kappa shape index (κ3) is 3.13. The van der Waals surface area contributed by atoms with Gasteiger partial charge in [0.1, 0.15) is 0 Å². The van der Waals surface area contributed by atoms with E-state index in [4.69, 9.17) is 11.6 Å². The van der Waals surface area contributed by atoms with Gasteiger partial charge in [-0.25, -0.2) is 4.31 Å². The van der Waals surface area contributed by atoms with E-state index in [1.807, 2.05) is 18.2 Å². The summed E-state index contributed by atoms with van der Waals surface area (Å²) in [4.78, 5) is 1.17. The second kappa shape index (κ2) is 5.24. The molecule has 0 aliphatic carbocycles. The van der Waals surface area contributed by atoms with Crippen molar-refractivity contribution >= 4 is 23.5 Å². The van der Waals surface area contributed by atoms with Crippen LogP contribution in [0.4, 0.5) is 0 Å². The molecule has 0 atom stereocenters. The lowest BCUT2D eigenvalue weighted by Gasteiger charge is -2.29. The normalized spacial score (nSPS) is 19.3. The predicted molar refractivity (Wildman–Crippen MR) is 67.3 cm³/mol. The van der Waals surface area contributed by atoms with Crippen LogP contribution in [-0.2, 0) is 0 Å². The summed E-state index contributed by atoms with van der Waals surface area (Å²) >= 11 is 7.92. The Labute approximate surface area is 101 Å². The van der Waals surface area contributed by atoms with Crippen molar-refractivity contribution in [2.45, 2.75) is 24.7 Å². The molecular formula is C12H16ClNS. The molecule has 0 saturated carbocycles. The zero-order valence-electron chi connectivity index (χ0n) is 8.95. The maximum Gasteiger partial charge on any atom is 0.0555 e. The van der Waals surface area contributed by atoms with E-state index < -0.39 is 0 Å². The topological polar surface area (TPSA) is 3.24 Å². The quantitative estimate of drug-likeness (QED) is 0.718. The minimum absolute atomic E-state index is 0.862. The lowest BCUT2D eigenvalue weighted by molar-refractivity contribution is 0.308. The number of hydrogen-bond donors (Lipinski definition) is 0. The van der Waals surface area contributed by atoms with Crippen LogP contribution in [0.2, 0.25) is 5.02 Å². The zero-order chi connectivity index (χ0) is 10.7. The van der Waals surface area contributed by atoms with Crippen LogP contribution in [0, 0.1) is 5.92 Å². The van der Waals surface area contributed by atoms with Crippen molar-refractivity contribution in [2.24, 2.45) is 5.92 Å². The second-order valence-electron chi connectivity index (χ2n) is 4.13. The molecule has 0 bridgehead atoms. The Morgan fingerprint density at radius 1 is 1.27 bits per heavy atom. The van der Waals surface area contributed by atoms with Gasteiger partial charge in [0.15, 0.2) is 0 Å². The third-order valence-corrected chi connectivity index (χ3v) is 4.42. The summed E-state index contributed by atoms with van der Waals surface area (Å²) in [6.45, 7) is 4.69. The zero-order valence-corrected chi connectivity index (χ0v) is 10.5. The Balaban J connectivity index is 1.95. The van der Waals surface area contributed by atoms with Crippen LogP contribution < -0.4 is 0 Å². The fourth-order valence-electron chi connectivity index (χ4n) is 1.73. The summed E-state index contributed by atoms with van der Waals surface area (Å²) < 4.78 is 2.42. The van der Waals surface area contributed by atoms with Gasteiger partial charge in [-0.15, -0.1) is 0 Å². The van der Waals surface area contributed by atoms with E-state index in [0.717, 1.165) is 10.9 Å². The SMILES string of the molecule is CC1CCN(Sc2ccccc2Cl)CC1. The van der Waals surface area contributed by atoms with Gasteiger partial charge in [-0.05, 0) is 42.8 Å². The Kier molecular flexibility index (Phi) is 3.95. The first-order valence-electron chi connectivity index (χ1n) is 5.43. The van der Waals surface area contributed by atoms with Crippen molar-refractivity contribution < 1.29 is 0 Å². The van der Waals surface area contributed by atoms with Gasteiger partial charge in [-0.3, -0.25) is 0 Å². The molecular weight excluding hydrogens is 226 g/mol. The minimum atomic E-state index is 0.862. The van der Waals surface area contributed by atoms with Gasteiger partial charge in [-0.1, -0.05) is 30.7 Å². The minimum Gasteiger partial charge on any atom is -0.246 e. The van der Waals surface area contributed by atoms with Gasteiger partial charge in [0.2, 0.25) is 0 Å². The smallest absolute Gasteiger partial charge is 0.0555 e. The molecule has 1 fully saturated rings. The molecule has 82 valence electrons. The van der Waals surface area contributed by atoms with E-state index in [1.54, 1.807) is 11.9 Å². The first-order valence-corrected chi connectivity index (χ1v) is 6.58. The van der Waals surface area contributed by atoms with Gasteiger partial charge < -0.3 is 0 Å². The van der Waals surface area contributed by atoms with Crippen molar-refractivity contribution in [1.29, 1.82) is 0 Å². The van der Waals surface area contributed by atoms with E-state index in [9.17, 15) is 0 Å². The molecule has 2 rings (SSSR count). The number of halogens is 1. The highest BCUT2D eigenvalue weighted by atomic mass is 35.5. The van der Waals surface area contributed by atoms with Crippen molar-refractivity contribution in [3.8, 4) is 0 Å². The molecule has 3 heteroatoms. The fraction of sp³-hybridized carbons (Fsp3) is 0.500. The number of piperidine rings is 1. The van der Waals surface area contributed by atoms with Gasteiger partial charge in [0.05, 0.1) is 5.02 Å². The highest BCUT2D eigenvalue weighted by Gasteiger charge is 2.17. The highest BCUT2D eigenvalue weighted by Crippen LogP contribution is 2.32. The Hall–Kier alpha value is -0.180. The van der Waals surface area contributed by atoms with Crippen molar-refractivity contribution in [2.75, 3.05) is 13.1 Å². The van der Waals surface area contributed by atoms with Gasteiger partial charge >= 0.3 is 0 Å². The number of hydrogen-bond acceptors (Lipinski definition) is 2. The summed E-state index contributed by atoms with van der Waals surface area (Å²) in [5.41, 5.74) is 0. The third-order valence-electron chi connectivity index (χ3n) is 2.81. The standard InChI is InChI=1S/C12H16ClNS/c1-10-6-8-14(9-7-10)15-12-5-3-2-4-11(12)13/h2-5,10H,6-9H2,1H3. The summed E-state index contributed by atoms with van der Waals surface area (Å²) in [7, 11) is 0. The average molecular weight is 242 g/mol. The summed E-state index contributed by atoms with van der Waals surface area (Å²) in [6, 6.07) is 8.06. The van der Waals surface area contributed by atoms with Gasteiger partial charge in [-0.2, -0.15) is 0 Å². The number of rotatable bonds is 2. The second-order valence-corrected chi connectivity index (χ2v) is 5.68. The van der Waals surface area contributed by atoms with Crippen molar-refractivity contribution in [1.82, 2.24) is 4.31 Å². The van der Waals surface area contributed by atoms with Crippen LogP contribution in [0.15, 0.2) is 29.2 Å². The molecule has 1 aromatic rings. The van der Waals surface area contributed by atoms with E-state index in [0.29, 0.717) is 0 Å². The molecule has 0 unspecified atom stereocenters. The van der Waals surface area contributed by atoms with Crippen LogP contribution >= 0.6 is 23.5 Å². The summed E-state index contributed by atoms with van der Waals surface area (Å²) in [5.74, 6) is 0.882.